The number of furan rings is 1. The molecule has 1 heterocycles. The first-order valence-electron chi connectivity index (χ1n) is 7.96. The zero-order valence-electron chi connectivity index (χ0n) is 14.4. The van der Waals surface area contributed by atoms with Gasteiger partial charge in [-0.15, -0.1) is 0 Å². The van der Waals surface area contributed by atoms with Crippen LogP contribution in [0.25, 0.3) is 0 Å². The van der Waals surface area contributed by atoms with Crippen molar-refractivity contribution in [1.82, 2.24) is 5.32 Å². The molecule has 134 valence electrons. The van der Waals surface area contributed by atoms with Crippen LogP contribution in [-0.4, -0.2) is 30.2 Å². The first-order valence-corrected chi connectivity index (χ1v) is 7.96. The Bertz CT molecular complexity index is 765. The van der Waals surface area contributed by atoms with E-state index in [0.29, 0.717) is 41.8 Å². The molecule has 1 amide bonds. The third-order valence-corrected chi connectivity index (χ3v) is 3.43. The summed E-state index contributed by atoms with van der Waals surface area (Å²) in [5.41, 5.74) is 0.498. The van der Waals surface area contributed by atoms with Gasteiger partial charge in [0.25, 0.3) is 5.91 Å². The highest BCUT2D eigenvalue weighted by atomic mass is 16.5. The lowest BCUT2D eigenvalue weighted by molar-refractivity contribution is 0.0694. The van der Waals surface area contributed by atoms with Crippen LogP contribution in [0.15, 0.2) is 28.7 Å². The van der Waals surface area contributed by atoms with Crippen molar-refractivity contribution in [1.29, 1.82) is 0 Å². The molecule has 2 aromatic rings. The number of ether oxygens (including phenoxy) is 2. The van der Waals surface area contributed by atoms with E-state index in [1.54, 1.807) is 25.1 Å². The van der Waals surface area contributed by atoms with E-state index in [4.69, 9.17) is 19.0 Å². The molecular weight excluding hydrogens is 326 g/mol. The molecule has 7 nitrogen and oxygen atoms in total. The van der Waals surface area contributed by atoms with E-state index in [0.717, 1.165) is 0 Å². The SMILES string of the molecule is CCOc1ccc(C(=O)NCc2cc(C(=O)O)c(C)o2)cc1OCC. The van der Waals surface area contributed by atoms with Crippen molar-refractivity contribution < 1.29 is 28.6 Å². The minimum atomic E-state index is -1.06. The van der Waals surface area contributed by atoms with Crippen molar-refractivity contribution in [2.75, 3.05) is 13.2 Å². The third-order valence-electron chi connectivity index (χ3n) is 3.43. The van der Waals surface area contributed by atoms with Crippen LogP contribution in [-0.2, 0) is 6.54 Å². The minimum absolute atomic E-state index is 0.0870. The molecule has 0 aliphatic heterocycles. The Morgan fingerprint density at radius 1 is 1.12 bits per heavy atom. The molecule has 0 bridgehead atoms. The number of rotatable bonds is 8. The molecule has 2 N–H and O–H groups in total. The van der Waals surface area contributed by atoms with Gasteiger partial charge in [-0.25, -0.2) is 4.79 Å². The highest BCUT2D eigenvalue weighted by Crippen LogP contribution is 2.28. The van der Waals surface area contributed by atoms with E-state index >= 15 is 0 Å². The molecule has 0 fully saturated rings. The average Bonchev–Trinajstić information content (AvgIpc) is 2.96. The summed E-state index contributed by atoms with van der Waals surface area (Å²) in [5, 5.41) is 11.7. The summed E-state index contributed by atoms with van der Waals surface area (Å²) in [6, 6.07) is 6.34. The van der Waals surface area contributed by atoms with Crippen LogP contribution in [0.3, 0.4) is 0 Å². The first kappa shape index (κ1) is 18.4. The highest BCUT2D eigenvalue weighted by Gasteiger charge is 2.15. The molecule has 25 heavy (non-hydrogen) atoms. The Hall–Kier alpha value is -2.96. The summed E-state index contributed by atoms with van der Waals surface area (Å²) in [5.74, 6) is 0.366. The predicted molar refractivity (Wildman–Crippen MR) is 90.4 cm³/mol. The quantitative estimate of drug-likeness (QED) is 0.762. The Kier molecular flexibility index (Phi) is 6.05. The van der Waals surface area contributed by atoms with Gasteiger partial charge < -0.3 is 24.3 Å². The molecule has 0 radical (unpaired) electrons. The lowest BCUT2D eigenvalue weighted by atomic mass is 10.2. The second kappa shape index (κ2) is 8.23. The summed E-state index contributed by atoms with van der Waals surface area (Å²) in [6.07, 6.45) is 0. The number of carboxylic acid groups (broad SMARTS) is 1. The summed E-state index contributed by atoms with van der Waals surface area (Å²) in [6.45, 7) is 6.32. The van der Waals surface area contributed by atoms with E-state index in [1.807, 2.05) is 13.8 Å². The van der Waals surface area contributed by atoms with Crippen LogP contribution in [0.4, 0.5) is 0 Å². The molecule has 0 atom stereocenters. The maximum Gasteiger partial charge on any atom is 0.339 e. The molecule has 1 aromatic heterocycles. The number of aromatic carboxylic acids is 1. The monoisotopic (exact) mass is 347 g/mol. The molecule has 0 aliphatic carbocycles. The summed E-state index contributed by atoms with van der Waals surface area (Å²) < 4.78 is 16.3. The molecule has 1 aromatic carbocycles. The van der Waals surface area contributed by atoms with E-state index < -0.39 is 5.97 Å². The van der Waals surface area contributed by atoms with Crippen LogP contribution in [0.1, 0.15) is 46.1 Å². The molecule has 0 saturated heterocycles. The van der Waals surface area contributed by atoms with Gasteiger partial charge in [-0.05, 0) is 45.0 Å². The fraction of sp³-hybridized carbons (Fsp3) is 0.333. The molecule has 2 rings (SSSR count). The van der Waals surface area contributed by atoms with E-state index in [1.165, 1.54) is 6.07 Å². The summed E-state index contributed by atoms with van der Waals surface area (Å²) >= 11 is 0. The first-order chi connectivity index (χ1) is 12.0. The smallest absolute Gasteiger partial charge is 0.339 e. The molecule has 0 aliphatic rings. The Morgan fingerprint density at radius 3 is 2.40 bits per heavy atom. The van der Waals surface area contributed by atoms with Gasteiger partial charge in [-0.1, -0.05) is 0 Å². The summed E-state index contributed by atoms with van der Waals surface area (Å²) in [4.78, 5) is 23.3. The lowest BCUT2D eigenvalue weighted by Crippen LogP contribution is -2.22. The van der Waals surface area contributed by atoms with E-state index in [-0.39, 0.29) is 18.0 Å². The van der Waals surface area contributed by atoms with Crippen molar-refractivity contribution in [3.05, 3.63) is 46.9 Å². The van der Waals surface area contributed by atoms with Gasteiger partial charge in [0.1, 0.15) is 17.1 Å². The molecule has 0 spiro atoms. The van der Waals surface area contributed by atoms with Crippen molar-refractivity contribution in [3.63, 3.8) is 0 Å². The fourth-order valence-electron chi connectivity index (χ4n) is 2.30. The second-order valence-corrected chi connectivity index (χ2v) is 5.20. The number of aryl methyl sites for hydroxylation is 1. The van der Waals surface area contributed by atoms with Gasteiger partial charge in [0.2, 0.25) is 0 Å². The van der Waals surface area contributed by atoms with Crippen LogP contribution in [0.5, 0.6) is 11.5 Å². The highest BCUT2D eigenvalue weighted by molar-refractivity contribution is 5.95. The zero-order chi connectivity index (χ0) is 18.4. The minimum Gasteiger partial charge on any atom is -0.490 e. The number of amides is 1. The zero-order valence-corrected chi connectivity index (χ0v) is 14.4. The van der Waals surface area contributed by atoms with Crippen LogP contribution >= 0.6 is 0 Å². The Balaban J connectivity index is 2.08. The predicted octanol–water partition coefficient (Wildman–Crippen LogP) is 3.01. The summed E-state index contributed by atoms with van der Waals surface area (Å²) in [7, 11) is 0. The van der Waals surface area contributed by atoms with Gasteiger partial charge in [-0.3, -0.25) is 4.79 Å². The number of carbonyl (C=O) groups excluding carboxylic acids is 1. The van der Waals surface area contributed by atoms with Crippen LogP contribution < -0.4 is 14.8 Å². The van der Waals surface area contributed by atoms with Crippen LogP contribution in [0, 0.1) is 6.92 Å². The average molecular weight is 347 g/mol. The van der Waals surface area contributed by atoms with Crippen molar-refractivity contribution >= 4 is 11.9 Å². The standard InChI is InChI=1S/C18H21NO6/c1-4-23-15-7-6-12(8-16(15)24-5-2)17(20)19-10-13-9-14(18(21)22)11(3)25-13/h6-9H,4-5,10H2,1-3H3,(H,19,20)(H,21,22). The van der Waals surface area contributed by atoms with E-state index in [9.17, 15) is 9.59 Å². The maximum atomic E-state index is 12.3. The fourth-order valence-corrected chi connectivity index (χ4v) is 2.30. The van der Waals surface area contributed by atoms with Crippen LogP contribution in [0.2, 0.25) is 0 Å². The largest absolute Gasteiger partial charge is 0.490 e. The number of carboxylic acids is 1. The molecule has 0 unspecified atom stereocenters. The Labute approximate surface area is 145 Å². The molecular formula is C18H21NO6. The van der Waals surface area contributed by atoms with Crippen molar-refractivity contribution in [3.8, 4) is 11.5 Å². The van der Waals surface area contributed by atoms with Crippen molar-refractivity contribution in [2.45, 2.75) is 27.3 Å². The van der Waals surface area contributed by atoms with Gasteiger partial charge in [0.15, 0.2) is 11.5 Å². The number of carbonyl (C=O) groups is 2. The number of benzene rings is 1. The van der Waals surface area contributed by atoms with Gasteiger partial charge in [0, 0.05) is 5.56 Å². The van der Waals surface area contributed by atoms with Gasteiger partial charge in [0.05, 0.1) is 19.8 Å². The second-order valence-electron chi connectivity index (χ2n) is 5.20. The maximum absolute atomic E-state index is 12.3. The number of nitrogens with one attached hydrogen (secondary N) is 1. The lowest BCUT2D eigenvalue weighted by Gasteiger charge is -2.12. The number of hydrogen-bond donors (Lipinski definition) is 2. The van der Waals surface area contributed by atoms with E-state index in [2.05, 4.69) is 5.32 Å². The molecule has 0 saturated carbocycles. The van der Waals surface area contributed by atoms with Crippen molar-refractivity contribution in [2.24, 2.45) is 0 Å². The normalized spacial score (nSPS) is 10.4. The Morgan fingerprint density at radius 2 is 1.80 bits per heavy atom. The number of hydrogen-bond acceptors (Lipinski definition) is 5. The topological polar surface area (TPSA) is 98.0 Å². The van der Waals surface area contributed by atoms with Gasteiger partial charge in [-0.2, -0.15) is 0 Å². The molecule has 7 heteroatoms. The third kappa shape index (κ3) is 4.53. The van der Waals surface area contributed by atoms with Gasteiger partial charge >= 0.3 is 5.97 Å².